The van der Waals surface area contributed by atoms with Crippen LogP contribution in [0.2, 0.25) is 0 Å². The lowest BCUT2D eigenvalue weighted by Gasteiger charge is -2.25. The van der Waals surface area contributed by atoms with Crippen molar-refractivity contribution in [2.75, 3.05) is 19.8 Å². The molecule has 3 nitrogen and oxygen atoms in total. The van der Waals surface area contributed by atoms with Crippen molar-refractivity contribution in [3.05, 3.63) is 0 Å². The molecule has 1 N–H and O–H groups in total. The zero-order valence-electron chi connectivity index (χ0n) is 13.3. The quantitative estimate of drug-likeness (QED) is 0.696. The van der Waals surface area contributed by atoms with Gasteiger partial charge in [-0.25, -0.2) is 0 Å². The lowest BCUT2D eigenvalue weighted by atomic mass is 10.1. The zero-order chi connectivity index (χ0) is 14.1. The van der Waals surface area contributed by atoms with Gasteiger partial charge in [-0.3, -0.25) is 0 Å². The minimum absolute atomic E-state index is 0.0410. The molecule has 114 valence electrons. The Hall–Kier alpha value is -0.120. The molecule has 19 heavy (non-hydrogen) atoms. The first-order chi connectivity index (χ1) is 9.01. The second-order valence-corrected chi connectivity index (χ2v) is 6.64. The smallest absolute Gasteiger partial charge is 0.0626 e. The van der Waals surface area contributed by atoms with E-state index in [2.05, 4.69) is 33.0 Å². The van der Waals surface area contributed by atoms with Crippen LogP contribution < -0.4 is 5.32 Å². The van der Waals surface area contributed by atoms with Gasteiger partial charge in [-0.2, -0.15) is 0 Å². The fraction of sp³-hybridized carbons (Fsp3) is 1.00. The van der Waals surface area contributed by atoms with E-state index in [4.69, 9.17) is 9.47 Å². The van der Waals surface area contributed by atoms with Gasteiger partial charge in [-0.15, -0.1) is 0 Å². The van der Waals surface area contributed by atoms with Crippen LogP contribution in [0.3, 0.4) is 0 Å². The third-order valence-corrected chi connectivity index (χ3v) is 3.50. The van der Waals surface area contributed by atoms with Crippen molar-refractivity contribution in [1.29, 1.82) is 0 Å². The Morgan fingerprint density at radius 3 is 2.74 bits per heavy atom. The summed E-state index contributed by atoms with van der Waals surface area (Å²) >= 11 is 0. The second-order valence-electron chi connectivity index (χ2n) is 6.64. The predicted octanol–water partition coefficient (Wildman–Crippen LogP) is 3.52. The van der Waals surface area contributed by atoms with Crippen molar-refractivity contribution >= 4 is 0 Å². The van der Waals surface area contributed by atoms with E-state index in [1.807, 2.05) is 0 Å². The van der Waals surface area contributed by atoms with Gasteiger partial charge in [-0.05, 0) is 65.8 Å². The van der Waals surface area contributed by atoms with Gasteiger partial charge in [0.2, 0.25) is 0 Å². The number of rotatable bonds is 9. The van der Waals surface area contributed by atoms with E-state index < -0.39 is 0 Å². The standard InChI is InChI=1S/C16H33NO2/c1-5-11-17-14(13-19-16(2,3)4)8-6-9-15-10-7-12-18-15/h14-15,17H,5-13H2,1-4H3. The highest BCUT2D eigenvalue weighted by molar-refractivity contribution is 4.71. The van der Waals surface area contributed by atoms with Crippen molar-refractivity contribution < 1.29 is 9.47 Å². The van der Waals surface area contributed by atoms with Crippen molar-refractivity contribution in [2.45, 2.75) is 84.0 Å². The molecule has 2 unspecified atom stereocenters. The molecule has 0 spiro atoms. The first kappa shape index (κ1) is 16.9. The first-order valence-electron chi connectivity index (χ1n) is 8.00. The number of ether oxygens (including phenoxy) is 2. The van der Waals surface area contributed by atoms with E-state index in [1.54, 1.807) is 0 Å². The summed E-state index contributed by atoms with van der Waals surface area (Å²) in [6.07, 6.45) is 7.84. The third-order valence-electron chi connectivity index (χ3n) is 3.50. The fourth-order valence-electron chi connectivity index (χ4n) is 2.41. The topological polar surface area (TPSA) is 30.5 Å². The first-order valence-corrected chi connectivity index (χ1v) is 8.00. The Morgan fingerprint density at radius 2 is 2.16 bits per heavy atom. The third kappa shape index (κ3) is 8.61. The van der Waals surface area contributed by atoms with E-state index in [0.717, 1.165) is 19.8 Å². The monoisotopic (exact) mass is 271 g/mol. The zero-order valence-corrected chi connectivity index (χ0v) is 13.3. The van der Waals surface area contributed by atoms with Crippen LogP contribution in [-0.4, -0.2) is 37.5 Å². The average molecular weight is 271 g/mol. The van der Waals surface area contributed by atoms with Gasteiger partial charge in [0.05, 0.1) is 18.3 Å². The van der Waals surface area contributed by atoms with Gasteiger partial charge in [0.15, 0.2) is 0 Å². The van der Waals surface area contributed by atoms with E-state index in [9.17, 15) is 0 Å². The SMILES string of the molecule is CCCNC(CCCC1CCCO1)COC(C)(C)C. The minimum Gasteiger partial charge on any atom is -0.378 e. The summed E-state index contributed by atoms with van der Waals surface area (Å²) in [4.78, 5) is 0. The van der Waals surface area contributed by atoms with E-state index in [-0.39, 0.29) is 5.60 Å². The molecule has 1 aliphatic rings. The van der Waals surface area contributed by atoms with Crippen LogP contribution in [0.5, 0.6) is 0 Å². The molecule has 0 aromatic rings. The molecule has 0 bridgehead atoms. The molecule has 0 aromatic carbocycles. The molecule has 1 saturated heterocycles. The van der Waals surface area contributed by atoms with Crippen LogP contribution >= 0.6 is 0 Å². The fourth-order valence-corrected chi connectivity index (χ4v) is 2.41. The normalized spacial score (nSPS) is 21.8. The molecule has 1 fully saturated rings. The van der Waals surface area contributed by atoms with Crippen molar-refractivity contribution in [2.24, 2.45) is 0 Å². The van der Waals surface area contributed by atoms with Crippen LogP contribution in [0, 0.1) is 0 Å². The van der Waals surface area contributed by atoms with Gasteiger partial charge in [0, 0.05) is 12.6 Å². The summed E-state index contributed by atoms with van der Waals surface area (Å²) in [7, 11) is 0. The highest BCUT2D eigenvalue weighted by Crippen LogP contribution is 2.18. The van der Waals surface area contributed by atoms with Gasteiger partial charge in [0.25, 0.3) is 0 Å². The maximum absolute atomic E-state index is 5.92. The summed E-state index contributed by atoms with van der Waals surface area (Å²) in [6.45, 7) is 11.4. The average Bonchev–Trinajstić information content (AvgIpc) is 2.84. The number of hydrogen-bond donors (Lipinski definition) is 1. The summed E-state index contributed by atoms with van der Waals surface area (Å²) in [5.74, 6) is 0. The molecular weight excluding hydrogens is 238 g/mol. The summed E-state index contributed by atoms with van der Waals surface area (Å²) in [5, 5.41) is 3.60. The number of hydrogen-bond acceptors (Lipinski definition) is 3. The van der Waals surface area contributed by atoms with Gasteiger partial charge >= 0.3 is 0 Å². The maximum atomic E-state index is 5.92. The molecule has 1 heterocycles. The Morgan fingerprint density at radius 1 is 1.37 bits per heavy atom. The van der Waals surface area contributed by atoms with E-state index in [0.29, 0.717) is 12.1 Å². The van der Waals surface area contributed by atoms with Crippen LogP contribution in [0.25, 0.3) is 0 Å². The number of nitrogens with one attached hydrogen (secondary N) is 1. The van der Waals surface area contributed by atoms with Crippen LogP contribution in [0.15, 0.2) is 0 Å². The lowest BCUT2D eigenvalue weighted by molar-refractivity contribution is -0.0160. The minimum atomic E-state index is -0.0410. The van der Waals surface area contributed by atoms with Gasteiger partial charge in [-0.1, -0.05) is 6.92 Å². The summed E-state index contributed by atoms with van der Waals surface area (Å²) in [6, 6.07) is 0.487. The Labute approximate surface area is 119 Å². The van der Waals surface area contributed by atoms with Crippen LogP contribution in [-0.2, 0) is 9.47 Å². The van der Waals surface area contributed by atoms with Crippen molar-refractivity contribution in [3.63, 3.8) is 0 Å². The van der Waals surface area contributed by atoms with Crippen molar-refractivity contribution in [3.8, 4) is 0 Å². The molecule has 2 atom stereocenters. The van der Waals surface area contributed by atoms with Crippen LogP contribution in [0.4, 0.5) is 0 Å². The van der Waals surface area contributed by atoms with Gasteiger partial charge in [0.1, 0.15) is 0 Å². The Kier molecular flexibility index (Phi) is 7.96. The second kappa shape index (κ2) is 8.93. The highest BCUT2D eigenvalue weighted by Gasteiger charge is 2.18. The Balaban J connectivity index is 2.19. The van der Waals surface area contributed by atoms with E-state index in [1.165, 1.54) is 38.5 Å². The molecule has 1 rings (SSSR count). The molecule has 0 aliphatic carbocycles. The highest BCUT2D eigenvalue weighted by atomic mass is 16.5. The van der Waals surface area contributed by atoms with Crippen molar-refractivity contribution in [1.82, 2.24) is 5.32 Å². The van der Waals surface area contributed by atoms with Gasteiger partial charge < -0.3 is 14.8 Å². The molecule has 3 heteroatoms. The Bertz CT molecular complexity index is 219. The molecule has 0 saturated carbocycles. The largest absolute Gasteiger partial charge is 0.378 e. The molecule has 1 aliphatic heterocycles. The van der Waals surface area contributed by atoms with E-state index >= 15 is 0 Å². The molecule has 0 aromatic heterocycles. The molecular formula is C16H33NO2. The molecule has 0 radical (unpaired) electrons. The lowest BCUT2D eigenvalue weighted by Crippen LogP contribution is -2.37. The van der Waals surface area contributed by atoms with Crippen LogP contribution in [0.1, 0.15) is 66.2 Å². The summed E-state index contributed by atoms with van der Waals surface area (Å²) in [5.41, 5.74) is -0.0410. The maximum Gasteiger partial charge on any atom is 0.0626 e. The summed E-state index contributed by atoms with van der Waals surface area (Å²) < 4.78 is 11.6. The predicted molar refractivity (Wildman–Crippen MR) is 80.6 cm³/mol. The molecule has 0 amide bonds.